The molecule has 9 heteroatoms. The number of nitrogens with zero attached hydrogens (tertiary/aromatic N) is 3. The fraction of sp³-hybridized carbons (Fsp3) is 0.474. The Morgan fingerprint density at radius 3 is 2.43 bits per heavy atom. The fourth-order valence-electron chi connectivity index (χ4n) is 3.48. The molecule has 0 spiro atoms. The van der Waals surface area contributed by atoms with Gasteiger partial charge in [0.2, 0.25) is 10.0 Å². The van der Waals surface area contributed by atoms with Gasteiger partial charge in [0.05, 0.1) is 30.0 Å². The molecule has 1 aromatic heterocycles. The van der Waals surface area contributed by atoms with Crippen molar-refractivity contribution in [3.8, 4) is 0 Å². The highest BCUT2D eigenvalue weighted by molar-refractivity contribution is 7.89. The quantitative estimate of drug-likeness (QED) is 0.676. The smallest absolute Gasteiger partial charge is 0.241 e. The third-order valence-electron chi connectivity index (χ3n) is 4.61. The van der Waals surface area contributed by atoms with Crippen molar-refractivity contribution in [1.82, 2.24) is 14.9 Å². The summed E-state index contributed by atoms with van der Waals surface area (Å²) in [5.74, 6) is 0.617. The maximum Gasteiger partial charge on any atom is 0.241 e. The third-order valence-corrected chi connectivity index (χ3v) is 6.38. The molecule has 0 unspecified atom stereocenters. The van der Waals surface area contributed by atoms with E-state index in [1.807, 2.05) is 39.0 Å². The van der Waals surface area contributed by atoms with Gasteiger partial charge in [0.25, 0.3) is 0 Å². The molecule has 8 nitrogen and oxygen atoms in total. The number of anilines is 2. The Bertz CT molecular complexity index is 904. The van der Waals surface area contributed by atoms with Crippen molar-refractivity contribution in [3.63, 3.8) is 0 Å². The zero-order chi connectivity index (χ0) is 20.1. The largest absolute Gasteiger partial charge is 0.378 e. The molecule has 1 fully saturated rings. The van der Waals surface area contributed by atoms with Gasteiger partial charge in [0.15, 0.2) is 5.82 Å². The van der Waals surface area contributed by atoms with Crippen molar-refractivity contribution in [3.05, 3.63) is 41.1 Å². The van der Waals surface area contributed by atoms with Crippen molar-refractivity contribution < 1.29 is 13.2 Å². The standard InChI is InChI=1S/C19H27N5O3S/c1-14-10-15(2)19(16(3)11-14)28(25,26)22-5-4-20-18-12-17(13-21-23-18)24-6-8-27-9-7-24/h10-13,22H,4-9H2,1-3H3,(H,20,23). The zero-order valence-corrected chi connectivity index (χ0v) is 17.3. The van der Waals surface area contributed by atoms with Crippen LogP contribution in [0.15, 0.2) is 29.3 Å². The predicted molar refractivity (Wildman–Crippen MR) is 109 cm³/mol. The molecule has 0 atom stereocenters. The van der Waals surface area contributed by atoms with Gasteiger partial charge in [-0.1, -0.05) is 17.7 Å². The normalized spacial score (nSPS) is 14.9. The topological polar surface area (TPSA) is 96.5 Å². The van der Waals surface area contributed by atoms with Gasteiger partial charge in [-0.2, -0.15) is 5.10 Å². The van der Waals surface area contributed by atoms with Crippen LogP contribution in [0, 0.1) is 20.8 Å². The lowest BCUT2D eigenvalue weighted by Crippen LogP contribution is -2.36. The second-order valence-electron chi connectivity index (χ2n) is 6.95. The molecule has 1 aliphatic rings. The van der Waals surface area contributed by atoms with Crippen LogP contribution in [0.4, 0.5) is 11.5 Å². The fourth-order valence-corrected chi connectivity index (χ4v) is 4.96. The summed E-state index contributed by atoms with van der Waals surface area (Å²) in [6, 6.07) is 5.68. The van der Waals surface area contributed by atoms with Crippen LogP contribution >= 0.6 is 0 Å². The summed E-state index contributed by atoms with van der Waals surface area (Å²) in [6.45, 7) is 9.29. The second kappa shape index (κ2) is 8.85. The van der Waals surface area contributed by atoms with E-state index in [4.69, 9.17) is 4.74 Å². The Morgan fingerprint density at radius 1 is 1.07 bits per heavy atom. The van der Waals surface area contributed by atoms with Crippen LogP contribution in [0.1, 0.15) is 16.7 Å². The van der Waals surface area contributed by atoms with Crippen molar-refractivity contribution in [2.24, 2.45) is 0 Å². The Hall–Kier alpha value is -2.23. The van der Waals surface area contributed by atoms with E-state index in [0.29, 0.717) is 30.5 Å². The highest BCUT2D eigenvalue weighted by atomic mass is 32.2. The van der Waals surface area contributed by atoms with E-state index < -0.39 is 10.0 Å². The van der Waals surface area contributed by atoms with E-state index in [2.05, 4.69) is 25.1 Å². The van der Waals surface area contributed by atoms with Gasteiger partial charge in [0.1, 0.15) is 0 Å². The molecule has 2 N–H and O–H groups in total. The maximum absolute atomic E-state index is 12.7. The van der Waals surface area contributed by atoms with Crippen LogP contribution in [0.25, 0.3) is 0 Å². The first-order chi connectivity index (χ1) is 13.4. The summed E-state index contributed by atoms with van der Waals surface area (Å²) in [5.41, 5.74) is 3.53. The van der Waals surface area contributed by atoms with Crippen LogP contribution in [-0.2, 0) is 14.8 Å². The molecular formula is C19H27N5O3S. The Morgan fingerprint density at radius 2 is 1.75 bits per heavy atom. The van der Waals surface area contributed by atoms with Crippen LogP contribution < -0.4 is 14.9 Å². The predicted octanol–water partition coefficient (Wildman–Crippen LogP) is 1.63. The van der Waals surface area contributed by atoms with E-state index in [0.717, 1.165) is 35.5 Å². The molecule has 3 rings (SSSR count). The second-order valence-corrected chi connectivity index (χ2v) is 8.65. The molecule has 2 heterocycles. The number of ether oxygens (including phenoxy) is 1. The third kappa shape index (κ3) is 4.98. The van der Waals surface area contributed by atoms with Gasteiger partial charge in [-0.3, -0.25) is 0 Å². The van der Waals surface area contributed by atoms with Gasteiger partial charge in [-0.15, -0.1) is 5.10 Å². The molecule has 0 amide bonds. The Kier molecular flexibility index (Phi) is 6.48. The van der Waals surface area contributed by atoms with Crippen molar-refractivity contribution in [2.75, 3.05) is 49.6 Å². The first kappa shape index (κ1) is 20.5. The first-order valence-corrected chi connectivity index (χ1v) is 10.8. The van der Waals surface area contributed by atoms with Crippen LogP contribution in [0.2, 0.25) is 0 Å². The summed E-state index contributed by atoms with van der Waals surface area (Å²) in [6.07, 6.45) is 1.72. The summed E-state index contributed by atoms with van der Waals surface area (Å²) >= 11 is 0. The minimum absolute atomic E-state index is 0.249. The number of hydrogen-bond acceptors (Lipinski definition) is 7. The molecule has 0 aliphatic carbocycles. The summed E-state index contributed by atoms with van der Waals surface area (Å²) < 4.78 is 33.4. The first-order valence-electron chi connectivity index (χ1n) is 9.33. The average molecular weight is 406 g/mol. The molecule has 0 saturated carbocycles. The number of benzene rings is 1. The van der Waals surface area contributed by atoms with Crippen LogP contribution in [0.3, 0.4) is 0 Å². The minimum Gasteiger partial charge on any atom is -0.378 e. The average Bonchev–Trinajstić information content (AvgIpc) is 2.65. The minimum atomic E-state index is -3.57. The summed E-state index contributed by atoms with van der Waals surface area (Å²) in [7, 11) is -3.57. The van der Waals surface area contributed by atoms with Gasteiger partial charge in [-0.05, 0) is 31.9 Å². The number of aromatic nitrogens is 2. The number of morpholine rings is 1. The lowest BCUT2D eigenvalue weighted by molar-refractivity contribution is 0.122. The highest BCUT2D eigenvalue weighted by Crippen LogP contribution is 2.21. The number of aryl methyl sites for hydroxylation is 3. The monoisotopic (exact) mass is 405 g/mol. The van der Waals surface area contributed by atoms with Gasteiger partial charge in [0, 0.05) is 32.2 Å². The molecular weight excluding hydrogens is 378 g/mol. The number of nitrogens with one attached hydrogen (secondary N) is 2. The van der Waals surface area contributed by atoms with Crippen molar-refractivity contribution in [2.45, 2.75) is 25.7 Å². The van der Waals surface area contributed by atoms with E-state index in [9.17, 15) is 8.42 Å². The van der Waals surface area contributed by atoms with E-state index in [-0.39, 0.29) is 6.54 Å². The highest BCUT2D eigenvalue weighted by Gasteiger charge is 2.19. The van der Waals surface area contributed by atoms with E-state index in [1.54, 1.807) is 6.20 Å². The number of sulfonamides is 1. The summed E-state index contributed by atoms with van der Waals surface area (Å²) in [4.78, 5) is 2.54. The molecule has 1 aliphatic heterocycles. The van der Waals surface area contributed by atoms with Crippen LogP contribution in [-0.4, -0.2) is 58.0 Å². The molecule has 2 aromatic rings. The number of rotatable bonds is 7. The van der Waals surface area contributed by atoms with E-state index in [1.165, 1.54) is 0 Å². The lowest BCUT2D eigenvalue weighted by Gasteiger charge is -2.28. The SMILES string of the molecule is Cc1cc(C)c(S(=O)(=O)NCCNc2cc(N3CCOCC3)cnn2)c(C)c1. The van der Waals surface area contributed by atoms with Crippen molar-refractivity contribution >= 4 is 21.5 Å². The van der Waals surface area contributed by atoms with E-state index >= 15 is 0 Å². The Balaban J connectivity index is 1.57. The molecule has 0 radical (unpaired) electrons. The molecule has 1 saturated heterocycles. The van der Waals surface area contributed by atoms with Crippen molar-refractivity contribution in [1.29, 1.82) is 0 Å². The summed E-state index contributed by atoms with van der Waals surface area (Å²) in [5, 5.41) is 11.2. The van der Waals surface area contributed by atoms with Gasteiger partial charge < -0.3 is 15.0 Å². The lowest BCUT2D eigenvalue weighted by atomic mass is 10.1. The molecule has 1 aromatic carbocycles. The van der Waals surface area contributed by atoms with Crippen LogP contribution in [0.5, 0.6) is 0 Å². The zero-order valence-electron chi connectivity index (χ0n) is 16.5. The number of hydrogen-bond donors (Lipinski definition) is 2. The molecule has 0 bridgehead atoms. The van der Waals surface area contributed by atoms with Gasteiger partial charge in [-0.25, -0.2) is 13.1 Å². The molecule has 152 valence electrons. The molecule has 28 heavy (non-hydrogen) atoms. The Labute approximate surface area is 166 Å². The maximum atomic E-state index is 12.7. The van der Waals surface area contributed by atoms with Gasteiger partial charge >= 0.3 is 0 Å².